The molecule has 1 heterocycles. The van der Waals surface area contributed by atoms with Crippen molar-refractivity contribution >= 4 is 5.91 Å². The minimum Gasteiger partial charge on any atom is -0.345 e. The molecule has 1 unspecified atom stereocenters. The van der Waals surface area contributed by atoms with Gasteiger partial charge in [-0.15, -0.1) is 0 Å². The van der Waals surface area contributed by atoms with Crippen molar-refractivity contribution in [1.29, 1.82) is 0 Å². The molecule has 1 saturated heterocycles. The number of benzene rings is 1. The third-order valence-corrected chi connectivity index (χ3v) is 5.03. The number of carbonyl (C=O) groups excluding carboxylic acids is 1. The maximum Gasteiger partial charge on any atom is 0.229 e. The van der Waals surface area contributed by atoms with Crippen LogP contribution in [0.3, 0.4) is 0 Å². The van der Waals surface area contributed by atoms with Gasteiger partial charge in [-0.1, -0.05) is 24.3 Å². The first kappa shape index (κ1) is 14.6. The van der Waals surface area contributed by atoms with E-state index in [1.165, 1.54) is 24.0 Å². The van der Waals surface area contributed by atoms with Crippen LogP contribution in [-0.2, 0) is 11.2 Å². The summed E-state index contributed by atoms with van der Waals surface area (Å²) in [5, 5.41) is 3.39. The molecule has 1 aromatic rings. The molecular formula is C18H26N2O. The van der Waals surface area contributed by atoms with E-state index in [9.17, 15) is 4.79 Å². The van der Waals surface area contributed by atoms with Crippen LogP contribution in [0.1, 0.15) is 42.7 Å². The van der Waals surface area contributed by atoms with Gasteiger partial charge in [0.05, 0.1) is 5.92 Å². The van der Waals surface area contributed by atoms with Crippen molar-refractivity contribution < 1.29 is 4.79 Å². The van der Waals surface area contributed by atoms with Gasteiger partial charge in [0.1, 0.15) is 0 Å². The standard InChI is InChI=1S/C18H26N2O/c1-20(13-14-9-11-19-12-10-14)18(21)17-8-4-6-15-5-2-3-7-16(15)17/h2-3,5,7,14,17,19H,4,6,8-13H2,1H3. The Balaban J connectivity index is 1.67. The summed E-state index contributed by atoms with van der Waals surface area (Å²) in [6.45, 7) is 3.11. The number of aryl methyl sites for hydroxylation is 1. The van der Waals surface area contributed by atoms with Gasteiger partial charge in [-0.2, -0.15) is 0 Å². The molecule has 0 spiro atoms. The van der Waals surface area contributed by atoms with Gasteiger partial charge in [0, 0.05) is 13.6 Å². The summed E-state index contributed by atoms with van der Waals surface area (Å²) in [6.07, 6.45) is 5.65. The van der Waals surface area contributed by atoms with Crippen LogP contribution in [0.5, 0.6) is 0 Å². The summed E-state index contributed by atoms with van der Waals surface area (Å²) >= 11 is 0. The molecule has 1 aliphatic heterocycles. The molecule has 1 atom stereocenters. The van der Waals surface area contributed by atoms with Crippen molar-refractivity contribution in [2.75, 3.05) is 26.7 Å². The zero-order valence-electron chi connectivity index (χ0n) is 13.0. The predicted octanol–water partition coefficient (Wildman–Crippen LogP) is 2.56. The fourth-order valence-corrected chi connectivity index (χ4v) is 3.82. The molecule has 3 rings (SSSR count). The highest BCUT2D eigenvalue weighted by molar-refractivity contribution is 5.84. The Labute approximate surface area is 127 Å². The molecule has 3 nitrogen and oxygen atoms in total. The Bertz CT molecular complexity index is 494. The smallest absolute Gasteiger partial charge is 0.229 e. The highest BCUT2D eigenvalue weighted by Crippen LogP contribution is 2.33. The minimum absolute atomic E-state index is 0.0849. The molecule has 0 saturated carbocycles. The molecule has 1 fully saturated rings. The van der Waals surface area contributed by atoms with Crippen LogP contribution in [0.4, 0.5) is 0 Å². The van der Waals surface area contributed by atoms with Gasteiger partial charge >= 0.3 is 0 Å². The van der Waals surface area contributed by atoms with Crippen molar-refractivity contribution in [2.24, 2.45) is 5.92 Å². The lowest BCUT2D eigenvalue weighted by molar-refractivity contribution is -0.132. The number of nitrogens with zero attached hydrogens (tertiary/aromatic N) is 1. The summed E-state index contributed by atoms with van der Waals surface area (Å²) in [4.78, 5) is 14.8. The number of rotatable bonds is 3. The Morgan fingerprint density at radius 2 is 2.00 bits per heavy atom. The number of hydrogen-bond acceptors (Lipinski definition) is 2. The van der Waals surface area contributed by atoms with Crippen LogP contribution in [0.2, 0.25) is 0 Å². The topological polar surface area (TPSA) is 32.3 Å². The van der Waals surface area contributed by atoms with Gasteiger partial charge < -0.3 is 10.2 Å². The van der Waals surface area contributed by atoms with E-state index in [0.717, 1.165) is 38.9 Å². The van der Waals surface area contributed by atoms with E-state index in [1.54, 1.807) is 0 Å². The normalized spacial score (nSPS) is 22.6. The molecular weight excluding hydrogens is 260 g/mol. The van der Waals surface area contributed by atoms with Gasteiger partial charge in [-0.05, 0) is 62.2 Å². The zero-order valence-corrected chi connectivity index (χ0v) is 13.0. The molecule has 0 bridgehead atoms. The first-order chi connectivity index (χ1) is 10.3. The molecule has 3 heteroatoms. The van der Waals surface area contributed by atoms with E-state index in [2.05, 4.69) is 29.6 Å². The number of nitrogens with one attached hydrogen (secondary N) is 1. The lowest BCUT2D eigenvalue weighted by atomic mass is 9.82. The van der Waals surface area contributed by atoms with E-state index >= 15 is 0 Å². The lowest BCUT2D eigenvalue weighted by Crippen LogP contribution is -2.39. The maximum absolute atomic E-state index is 12.8. The number of likely N-dealkylation sites (N-methyl/N-ethyl adjacent to an activating group) is 1. The Kier molecular flexibility index (Phi) is 4.59. The van der Waals surface area contributed by atoms with Crippen LogP contribution < -0.4 is 5.32 Å². The summed E-state index contributed by atoms with van der Waals surface area (Å²) in [7, 11) is 1.99. The van der Waals surface area contributed by atoms with Crippen LogP contribution in [0, 0.1) is 5.92 Å². The summed E-state index contributed by atoms with van der Waals surface area (Å²) in [6, 6.07) is 8.48. The van der Waals surface area contributed by atoms with Gasteiger partial charge in [-0.3, -0.25) is 4.79 Å². The average molecular weight is 286 g/mol. The SMILES string of the molecule is CN(CC1CCNCC1)C(=O)C1CCCc2ccccc21. The minimum atomic E-state index is 0.0849. The van der Waals surface area contributed by atoms with Crippen molar-refractivity contribution in [2.45, 2.75) is 38.0 Å². The summed E-state index contributed by atoms with van der Waals surface area (Å²) in [5.74, 6) is 1.07. The predicted molar refractivity (Wildman–Crippen MR) is 85.4 cm³/mol. The number of piperidine rings is 1. The summed E-state index contributed by atoms with van der Waals surface area (Å²) < 4.78 is 0. The molecule has 21 heavy (non-hydrogen) atoms. The van der Waals surface area contributed by atoms with E-state index in [4.69, 9.17) is 0 Å². The number of amides is 1. The van der Waals surface area contributed by atoms with Gasteiger partial charge in [0.15, 0.2) is 0 Å². The molecule has 1 N–H and O–H groups in total. The zero-order chi connectivity index (χ0) is 14.7. The van der Waals surface area contributed by atoms with Gasteiger partial charge in [0.25, 0.3) is 0 Å². The number of fused-ring (bicyclic) bond motifs is 1. The molecule has 1 aromatic carbocycles. The third kappa shape index (κ3) is 3.29. The van der Waals surface area contributed by atoms with E-state index in [1.807, 2.05) is 11.9 Å². The molecule has 0 radical (unpaired) electrons. The molecule has 1 aliphatic carbocycles. The van der Waals surface area contributed by atoms with Gasteiger partial charge in [-0.25, -0.2) is 0 Å². The maximum atomic E-state index is 12.8. The van der Waals surface area contributed by atoms with E-state index in [-0.39, 0.29) is 5.92 Å². The third-order valence-electron chi connectivity index (χ3n) is 5.03. The first-order valence-corrected chi connectivity index (χ1v) is 8.29. The highest BCUT2D eigenvalue weighted by atomic mass is 16.2. The second kappa shape index (κ2) is 6.61. The average Bonchev–Trinajstić information content (AvgIpc) is 2.54. The fourth-order valence-electron chi connectivity index (χ4n) is 3.82. The van der Waals surface area contributed by atoms with Gasteiger partial charge in [0.2, 0.25) is 5.91 Å². The Morgan fingerprint density at radius 1 is 1.24 bits per heavy atom. The van der Waals surface area contributed by atoms with Crippen LogP contribution in [0.25, 0.3) is 0 Å². The quantitative estimate of drug-likeness (QED) is 0.926. The van der Waals surface area contributed by atoms with Crippen molar-refractivity contribution in [3.8, 4) is 0 Å². The molecule has 0 aromatic heterocycles. The number of hydrogen-bond donors (Lipinski definition) is 1. The monoisotopic (exact) mass is 286 g/mol. The second-order valence-corrected chi connectivity index (χ2v) is 6.56. The van der Waals surface area contributed by atoms with Crippen molar-refractivity contribution in [3.05, 3.63) is 35.4 Å². The fraction of sp³-hybridized carbons (Fsp3) is 0.611. The van der Waals surface area contributed by atoms with Crippen molar-refractivity contribution in [3.63, 3.8) is 0 Å². The first-order valence-electron chi connectivity index (χ1n) is 8.29. The number of carbonyl (C=O) groups is 1. The van der Waals surface area contributed by atoms with Crippen LogP contribution >= 0.6 is 0 Å². The van der Waals surface area contributed by atoms with Crippen molar-refractivity contribution in [1.82, 2.24) is 10.2 Å². The Morgan fingerprint density at radius 3 is 2.81 bits per heavy atom. The molecule has 1 amide bonds. The molecule has 2 aliphatic rings. The second-order valence-electron chi connectivity index (χ2n) is 6.56. The largest absolute Gasteiger partial charge is 0.345 e. The van der Waals surface area contributed by atoms with Crippen LogP contribution in [0.15, 0.2) is 24.3 Å². The Hall–Kier alpha value is -1.35. The van der Waals surface area contributed by atoms with Crippen LogP contribution in [-0.4, -0.2) is 37.5 Å². The van der Waals surface area contributed by atoms with E-state index in [0.29, 0.717) is 11.8 Å². The molecule has 114 valence electrons. The summed E-state index contributed by atoms with van der Waals surface area (Å²) in [5.41, 5.74) is 2.64. The van der Waals surface area contributed by atoms with E-state index < -0.39 is 0 Å². The highest BCUT2D eigenvalue weighted by Gasteiger charge is 2.29. The lowest BCUT2D eigenvalue weighted by Gasteiger charge is -2.32.